The van der Waals surface area contributed by atoms with Crippen molar-refractivity contribution in [2.75, 3.05) is 40.9 Å². The molecule has 0 aliphatic rings. The van der Waals surface area contributed by atoms with Crippen molar-refractivity contribution in [3.8, 4) is 40.1 Å². The normalized spacial score (nSPS) is 10.8. The van der Waals surface area contributed by atoms with Gasteiger partial charge in [0.2, 0.25) is 5.75 Å². The van der Waals surface area contributed by atoms with E-state index < -0.39 is 0 Å². The van der Waals surface area contributed by atoms with Crippen LogP contribution in [0.5, 0.6) is 28.7 Å². The van der Waals surface area contributed by atoms with Crippen LogP contribution in [0, 0.1) is 13.8 Å². The SMILES string of the molecule is COc1cc2nc(-c3c(C)noc3C)nc(Nc3cc(OC)c(OC)c(OC)c3)c2cc1OC. The number of ether oxygens (including phenoxy) is 5. The second kappa shape index (κ2) is 9.34. The third-order valence-electron chi connectivity index (χ3n) is 5.39. The second-order valence-electron chi connectivity index (χ2n) is 7.36. The van der Waals surface area contributed by atoms with Crippen LogP contribution in [0.15, 0.2) is 28.8 Å². The minimum Gasteiger partial charge on any atom is -0.493 e. The number of hydrogen-bond acceptors (Lipinski definition) is 10. The molecule has 0 saturated heterocycles. The van der Waals surface area contributed by atoms with Gasteiger partial charge in [0.1, 0.15) is 11.6 Å². The molecule has 4 rings (SSSR count). The van der Waals surface area contributed by atoms with Gasteiger partial charge in [0.05, 0.1) is 52.3 Å². The minimum absolute atomic E-state index is 0.464. The lowest BCUT2D eigenvalue weighted by Gasteiger charge is -2.17. The Bertz CT molecular complexity index is 1310. The van der Waals surface area contributed by atoms with Crippen molar-refractivity contribution in [3.05, 3.63) is 35.7 Å². The van der Waals surface area contributed by atoms with Gasteiger partial charge in [-0.15, -0.1) is 0 Å². The lowest BCUT2D eigenvalue weighted by molar-refractivity contribution is 0.324. The van der Waals surface area contributed by atoms with E-state index in [0.29, 0.717) is 63.0 Å². The standard InChI is InChI=1S/C24H26N4O6/c1-12-21(13(2)34-28-12)24-26-16-11-18(30-4)17(29-3)10-15(16)23(27-24)25-14-8-19(31-5)22(33-7)20(9-14)32-6/h8-11H,1-7H3,(H,25,26,27). The van der Waals surface area contributed by atoms with Gasteiger partial charge < -0.3 is 33.5 Å². The molecule has 10 heteroatoms. The third kappa shape index (κ3) is 3.98. The Labute approximate surface area is 196 Å². The van der Waals surface area contributed by atoms with Crippen LogP contribution < -0.4 is 29.0 Å². The topological polar surface area (TPSA) is 110 Å². The van der Waals surface area contributed by atoms with Gasteiger partial charge in [-0.25, -0.2) is 9.97 Å². The lowest BCUT2D eigenvalue weighted by atomic mass is 10.1. The predicted molar refractivity (Wildman–Crippen MR) is 127 cm³/mol. The Kier molecular flexibility index (Phi) is 6.31. The molecule has 1 N–H and O–H groups in total. The average Bonchev–Trinajstić information content (AvgIpc) is 3.19. The fourth-order valence-corrected chi connectivity index (χ4v) is 3.75. The second-order valence-corrected chi connectivity index (χ2v) is 7.36. The van der Waals surface area contributed by atoms with Crippen LogP contribution in [-0.4, -0.2) is 50.7 Å². The van der Waals surface area contributed by atoms with E-state index in [1.54, 1.807) is 53.7 Å². The van der Waals surface area contributed by atoms with Crippen LogP contribution >= 0.6 is 0 Å². The Hall–Kier alpha value is -4.21. The minimum atomic E-state index is 0.464. The summed E-state index contributed by atoms with van der Waals surface area (Å²) in [5.41, 5.74) is 2.74. The molecular weight excluding hydrogens is 440 g/mol. The maximum Gasteiger partial charge on any atom is 0.203 e. The number of aromatic nitrogens is 3. The highest BCUT2D eigenvalue weighted by atomic mass is 16.5. The van der Waals surface area contributed by atoms with Gasteiger partial charge in [0.25, 0.3) is 0 Å². The van der Waals surface area contributed by atoms with Gasteiger partial charge in [-0.3, -0.25) is 0 Å². The van der Waals surface area contributed by atoms with Crippen LogP contribution in [0.2, 0.25) is 0 Å². The summed E-state index contributed by atoms with van der Waals surface area (Å²) in [6.45, 7) is 3.67. The van der Waals surface area contributed by atoms with E-state index in [4.69, 9.17) is 38.2 Å². The van der Waals surface area contributed by atoms with E-state index in [9.17, 15) is 0 Å². The molecule has 10 nitrogen and oxygen atoms in total. The molecule has 0 aliphatic carbocycles. The zero-order valence-electron chi connectivity index (χ0n) is 20.1. The van der Waals surface area contributed by atoms with Gasteiger partial charge in [-0.05, 0) is 19.9 Å². The van der Waals surface area contributed by atoms with Crippen LogP contribution in [-0.2, 0) is 0 Å². The maximum atomic E-state index is 5.50. The monoisotopic (exact) mass is 466 g/mol. The summed E-state index contributed by atoms with van der Waals surface area (Å²) in [6, 6.07) is 7.22. The van der Waals surface area contributed by atoms with Crippen LogP contribution in [0.25, 0.3) is 22.3 Å². The first kappa shape index (κ1) is 23.0. The highest BCUT2D eigenvalue weighted by Gasteiger charge is 2.20. The van der Waals surface area contributed by atoms with Crippen molar-refractivity contribution in [1.82, 2.24) is 15.1 Å². The molecule has 2 heterocycles. The molecule has 178 valence electrons. The fourth-order valence-electron chi connectivity index (χ4n) is 3.75. The number of hydrogen-bond donors (Lipinski definition) is 1. The summed E-state index contributed by atoms with van der Waals surface area (Å²) in [5, 5.41) is 8.13. The highest BCUT2D eigenvalue weighted by Crippen LogP contribution is 2.42. The average molecular weight is 466 g/mol. The predicted octanol–water partition coefficient (Wildman–Crippen LogP) is 4.69. The molecular formula is C24H26N4O6. The number of benzene rings is 2. The Morgan fingerprint density at radius 3 is 1.88 bits per heavy atom. The van der Waals surface area contributed by atoms with E-state index in [1.807, 2.05) is 19.9 Å². The number of rotatable bonds is 8. The summed E-state index contributed by atoms with van der Waals surface area (Å²) in [4.78, 5) is 9.58. The number of methoxy groups -OCH3 is 5. The molecule has 0 unspecified atom stereocenters. The van der Waals surface area contributed by atoms with E-state index in [0.717, 1.165) is 10.9 Å². The molecule has 0 amide bonds. The molecule has 34 heavy (non-hydrogen) atoms. The number of anilines is 2. The number of nitrogens with one attached hydrogen (secondary N) is 1. The summed E-state index contributed by atoms with van der Waals surface area (Å²) in [6.07, 6.45) is 0. The van der Waals surface area contributed by atoms with E-state index in [2.05, 4.69) is 10.5 Å². The van der Waals surface area contributed by atoms with Gasteiger partial charge in [0, 0.05) is 29.3 Å². The Morgan fingerprint density at radius 1 is 0.735 bits per heavy atom. The smallest absolute Gasteiger partial charge is 0.203 e. The Balaban J connectivity index is 1.95. The van der Waals surface area contributed by atoms with Crippen LogP contribution in [0.1, 0.15) is 11.5 Å². The quantitative estimate of drug-likeness (QED) is 0.393. The van der Waals surface area contributed by atoms with E-state index >= 15 is 0 Å². The van der Waals surface area contributed by atoms with Crippen LogP contribution in [0.4, 0.5) is 11.5 Å². The molecule has 0 bridgehead atoms. The van der Waals surface area contributed by atoms with Gasteiger partial charge >= 0.3 is 0 Å². The first-order valence-electron chi connectivity index (χ1n) is 10.4. The maximum absolute atomic E-state index is 5.50. The van der Waals surface area contributed by atoms with E-state index in [1.165, 1.54) is 0 Å². The zero-order valence-corrected chi connectivity index (χ0v) is 20.1. The first-order valence-corrected chi connectivity index (χ1v) is 10.4. The van der Waals surface area contributed by atoms with Crippen molar-refractivity contribution >= 4 is 22.4 Å². The number of nitrogens with zero attached hydrogens (tertiary/aromatic N) is 3. The number of aryl methyl sites for hydroxylation is 2. The molecule has 0 spiro atoms. The van der Waals surface area contributed by atoms with Crippen molar-refractivity contribution in [1.29, 1.82) is 0 Å². The highest BCUT2D eigenvalue weighted by molar-refractivity contribution is 5.95. The molecule has 0 saturated carbocycles. The molecule has 0 atom stereocenters. The molecule has 0 radical (unpaired) electrons. The first-order chi connectivity index (χ1) is 16.4. The van der Waals surface area contributed by atoms with Gasteiger partial charge in [-0.2, -0.15) is 0 Å². The van der Waals surface area contributed by atoms with Crippen LogP contribution in [0.3, 0.4) is 0 Å². The summed E-state index contributed by atoms with van der Waals surface area (Å²) < 4.78 is 32.7. The molecule has 0 aliphatic heterocycles. The van der Waals surface area contributed by atoms with Crippen molar-refractivity contribution in [2.24, 2.45) is 0 Å². The summed E-state index contributed by atoms with van der Waals surface area (Å²) >= 11 is 0. The fraction of sp³-hybridized carbons (Fsp3) is 0.292. The van der Waals surface area contributed by atoms with Gasteiger partial charge in [-0.1, -0.05) is 5.16 Å². The third-order valence-corrected chi connectivity index (χ3v) is 5.39. The summed E-state index contributed by atoms with van der Waals surface area (Å²) in [5.74, 6) is 4.23. The molecule has 2 aromatic heterocycles. The summed E-state index contributed by atoms with van der Waals surface area (Å²) in [7, 11) is 7.84. The van der Waals surface area contributed by atoms with Gasteiger partial charge in [0.15, 0.2) is 28.8 Å². The lowest BCUT2D eigenvalue weighted by Crippen LogP contribution is -2.03. The van der Waals surface area contributed by atoms with E-state index in [-0.39, 0.29) is 0 Å². The largest absolute Gasteiger partial charge is 0.493 e. The van der Waals surface area contributed by atoms with Crippen molar-refractivity contribution < 1.29 is 28.2 Å². The molecule has 4 aromatic rings. The van der Waals surface area contributed by atoms with Crippen molar-refractivity contribution in [2.45, 2.75) is 13.8 Å². The number of fused-ring (bicyclic) bond motifs is 1. The molecule has 0 fully saturated rings. The molecule has 2 aromatic carbocycles. The Morgan fingerprint density at radius 2 is 1.35 bits per heavy atom. The van der Waals surface area contributed by atoms with Crippen molar-refractivity contribution in [3.63, 3.8) is 0 Å². The zero-order chi connectivity index (χ0) is 24.4.